The number of carbonyl (C=O) groups excluding carboxylic acids is 4. The van der Waals surface area contributed by atoms with Crippen molar-refractivity contribution < 1.29 is 23.9 Å². The van der Waals surface area contributed by atoms with E-state index in [1.165, 1.54) is 10.8 Å². The first-order valence-corrected chi connectivity index (χ1v) is 14.8. The number of carbonyl (C=O) groups is 4. The summed E-state index contributed by atoms with van der Waals surface area (Å²) in [5.41, 5.74) is 1.48. The van der Waals surface area contributed by atoms with Crippen LogP contribution in [-0.4, -0.2) is 53.4 Å². The molecule has 0 saturated carbocycles. The molecule has 11 heteroatoms. The van der Waals surface area contributed by atoms with E-state index in [2.05, 4.69) is 31.9 Å². The molecule has 2 bridgehead atoms. The predicted octanol–water partition coefficient (Wildman–Crippen LogP) is 2.89. The number of esters is 1. The van der Waals surface area contributed by atoms with E-state index in [0.29, 0.717) is 17.7 Å². The number of benzene rings is 1. The highest BCUT2D eigenvalue weighted by atomic mass is 79.9. The minimum atomic E-state index is -0.828. The number of allylic oxidation sites excluding steroid dienone is 1. The molecule has 8 nitrogen and oxygen atoms in total. The van der Waals surface area contributed by atoms with Crippen LogP contribution < -0.4 is 16.0 Å². The fourth-order valence-electron chi connectivity index (χ4n) is 3.69. The highest BCUT2D eigenvalue weighted by Crippen LogP contribution is 2.24. The van der Waals surface area contributed by atoms with E-state index in [1.54, 1.807) is 22.9 Å². The number of rotatable bonds is 1. The number of hydrogen-bond acceptors (Lipinski definition) is 7. The van der Waals surface area contributed by atoms with Crippen molar-refractivity contribution in [1.82, 2.24) is 16.0 Å². The van der Waals surface area contributed by atoms with E-state index in [0.717, 1.165) is 15.8 Å². The van der Waals surface area contributed by atoms with Crippen LogP contribution in [-0.2, 0) is 36.9 Å². The number of hydrogen-bond donors (Lipinski definition) is 3. The lowest BCUT2D eigenvalue weighted by Crippen LogP contribution is -2.56. The third-order valence-corrected chi connectivity index (χ3v) is 8.50. The SMILES string of the molecule is CC(C)[C@H]1NC(=O)C[C@H]2/C=C/CCSSC[C@@H](NC1=O)C(=O)NCc1cc(Br)ccc1CC(=O)O2. The third kappa shape index (κ3) is 8.57. The summed E-state index contributed by atoms with van der Waals surface area (Å²) in [4.78, 5) is 51.9. The van der Waals surface area contributed by atoms with Gasteiger partial charge in [0.2, 0.25) is 17.7 Å². The zero-order valence-corrected chi connectivity index (χ0v) is 22.9. The largest absolute Gasteiger partial charge is 0.457 e. The van der Waals surface area contributed by atoms with Crippen molar-refractivity contribution in [1.29, 1.82) is 0 Å². The molecule has 0 aromatic heterocycles. The summed E-state index contributed by atoms with van der Waals surface area (Å²) >= 11 is 3.44. The zero-order valence-electron chi connectivity index (χ0n) is 19.7. The van der Waals surface area contributed by atoms with Crippen LogP contribution >= 0.6 is 37.5 Å². The van der Waals surface area contributed by atoms with Gasteiger partial charge in [-0.1, -0.05) is 63.5 Å². The Morgan fingerprint density at radius 3 is 2.63 bits per heavy atom. The van der Waals surface area contributed by atoms with Crippen LogP contribution in [0.5, 0.6) is 0 Å². The van der Waals surface area contributed by atoms with Gasteiger partial charge in [-0.3, -0.25) is 19.2 Å². The molecule has 0 unspecified atom stereocenters. The number of nitrogens with one attached hydrogen (secondary N) is 3. The van der Waals surface area contributed by atoms with Crippen LogP contribution in [0.2, 0.25) is 0 Å². The molecular weight excluding hydrogens is 554 g/mol. The van der Waals surface area contributed by atoms with Crippen LogP contribution in [0, 0.1) is 5.92 Å². The van der Waals surface area contributed by atoms with Gasteiger partial charge in [-0.2, -0.15) is 0 Å². The molecule has 2 aliphatic heterocycles. The fraction of sp³-hybridized carbons (Fsp3) is 0.500. The fourth-order valence-corrected chi connectivity index (χ4v) is 6.25. The lowest BCUT2D eigenvalue weighted by Gasteiger charge is -2.26. The molecular formula is C24H30BrN3O5S2. The zero-order chi connectivity index (χ0) is 25.4. The molecule has 0 saturated heterocycles. The van der Waals surface area contributed by atoms with Gasteiger partial charge in [-0.25, -0.2) is 0 Å². The molecule has 2 aliphatic rings. The molecule has 3 atom stereocenters. The Bertz CT molecular complexity index is 988. The van der Waals surface area contributed by atoms with Gasteiger partial charge in [0.15, 0.2) is 0 Å². The molecule has 190 valence electrons. The highest BCUT2D eigenvalue weighted by molar-refractivity contribution is 9.10. The van der Waals surface area contributed by atoms with Crippen LogP contribution in [0.1, 0.15) is 37.8 Å². The molecule has 1 aromatic rings. The van der Waals surface area contributed by atoms with Crippen molar-refractivity contribution in [3.05, 3.63) is 46.0 Å². The summed E-state index contributed by atoms with van der Waals surface area (Å²) in [5.74, 6) is -0.694. The lowest BCUT2D eigenvalue weighted by molar-refractivity contribution is -0.147. The number of fused-ring (bicyclic) bond motifs is 8. The Morgan fingerprint density at radius 2 is 1.86 bits per heavy atom. The van der Waals surface area contributed by atoms with E-state index in [4.69, 9.17) is 4.74 Å². The third-order valence-electron chi connectivity index (χ3n) is 5.56. The predicted molar refractivity (Wildman–Crippen MR) is 142 cm³/mol. The molecule has 3 rings (SSSR count). The summed E-state index contributed by atoms with van der Waals surface area (Å²) < 4.78 is 6.48. The second-order valence-electron chi connectivity index (χ2n) is 8.71. The second kappa shape index (κ2) is 13.4. The molecule has 3 N–H and O–H groups in total. The van der Waals surface area contributed by atoms with Gasteiger partial charge in [0, 0.05) is 22.5 Å². The van der Waals surface area contributed by atoms with Crippen molar-refractivity contribution in [3.8, 4) is 0 Å². The van der Waals surface area contributed by atoms with Crippen LogP contribution in [0.3, 0.4) is 0 Å². The number of amides is 3. The van der Waals surface area contributed by atoms with E-state index in [1.807, 2.05) is 32.1 Å². The van der Waals surface area contributed by atoms with Gasteiger partial charge in [0.05, 0.1) is 12.8 Å². The summed E-state index contributed by atoms with van der Waals surface area (Å²) in [6.07, 6.45) is 3.50. The maximum absolute atomic E-state index is 13.1. The van der Waals surface area contributed by atoms with Crippen molar-refractivity contribution >= 4 is 61.2 Å². The summed E-state index contributed by atoms with van der Waals surface area (Å²) in [5, 5.41) is 8.50. The highest BCUT2D eigenvalue weighted by Gasteiger charge is 2.30. The Hall–Kier alpha value is -1.98. The first kappa shape index (κ1) is 27.6. The monoisotopic (exact) mass is 583 g/mol. The standard InChI is InChI=1S/C24H30BrN3O5S2/c1-14(2)22-24(32)27-19-13-35-34-8-4-3-5-18(11-20(29)28-22)33-21(30)10-15-6-7-17(25)9-16(15)12-26-23(19)31/h3,5-7,9,14,18-19,22H,4,8,10-13H2,1-2H3,(H,26,31)(H,27,32)(H,28,29)/b5-3+/t18-,19-,22-/m1/s1. The van der Waals surface area contributed by atoms with E-state index in [-0.39, 0.29) is 31.2 Å². The van der Waals surface area contributed by atoms with Crippen molar-refractivity contribution in [2.75, 3.05) is 11.5 Å². The molecule has 0 radical (unpaired) electrons. The molecule has 35 heavy (non-hydrogen) atoms. The quantitative estimate of drug-likeness (QED) is 0.264. The van der Waals surface area contributed by atoms with Crippen LogP contribution in [0.15, 0.2) is 34.8 Å². The van der Waals surface area contributed by atoms with Crippen molar-refractivity contribution in [2.24, 2.45) is 5.92 Å². The first-order valence-electron chi connectivity index (χ1n) is 11.5. The second-order valence-corrected chi connectivity index (χ2v) is 12.3. The van der Waals surface area contributed by atoms with Gasteiger partial charge >= 0.3 is 5.97 Å². The van der Waals surface area contributed by atoms with Crippen LogP contribution in [0.4, 0.5) is 0 Å². The lowest BCUT2D eigenvalue weighted by atomic mass is 10.0. The normalized spacial score (nSPS) is 26.0. The summed E-state index contributed by atoms with van der Waals surface area (Å²) in [7, 11) is 3.10. The van der Waals surface area contributed by atoms with Crippen molar-refractivity contribution in [3.63, 3.8) is 0 Å². The minimum Gasteiger partial charge on any atom is -0.457 e. The maximum atomic E-state index is 13.1. The van der Waals surface area contributed by atoms with Gasteiger partial charge < -0.3 is 20.7 Å². The average molecular weight is 585 g/mol. The Morgan fingerprint density at radius 1 is 1.06 bits per heavy atom. The first-order chi connectivity index (χ1) is 16.7. The van der Waals surface area contributed by atoms with Gasteiger partial charge in [-0.05, 0) is 41.7 Å². The number of halogens is 1. The van der Waals surface area contributed by atoms with Crippen LogP contribution in [0.25, 0.3) is 0 Å². The topological polar surface area (TPSA) is 114 Å². The Kier molecular flexibility index (Phi) is 10.5. The van der Waals surface area contributed by atoms with Gasteiger partial charge in [0.25, 0.3) is 0 Å². The maximum Gasteiger partial charge on any atom is 0.310 e. The molecule has 0 spiro atoms. The average Bonchev–Trinajstić information content (AvgIpc) is 2.79. The minimum absolute atomic E-state index is 0.00489. The Labute approximate surface area is 221 Å². The van der Waals surface area contributed by atoms with E-state index >= 15 is 0 Å². The van der Waals surface area contributed by atoms with Gasteiger partial charge in [-0.15, -0.1) is 0 Å². The van der Waals surface area contributed by atoms with Gasteiger partial charge in [0.1, 0.15) is 18.2 Å². The summed E-state index contributed by atoms with van der Waals surface area (Å²) in [6.45, 7) is 3.84. The Balaban J connectivity index is 2.00. The molecule has 2 heterocycles. The number of ether oxygens (including phenoxy) is 1. The summed E-state index contributed by atoms with van der Waals surface area (Å²) in [6, 6.07) is 3.87. The molecule has 3 amide bonds. The smallest absolute Gasteiger partial charge is 0.310 e. The van der Waals surface area contributed by atoms with E-state index < -0.39 is 36.0 Å². The van der Waals surface area contributed by atoms with E-state index in [9.17, 15) is 19.2 Å². The van der Waals surface area contributed by atoms with Crippen molar-refractivity contribution in [2.45, 2.75) is 57.8 Å². The molecule has 0 aliphatic carbocycles. The molecule has 0 fully saturated rings. The molecule has 1 aromatic carbocycles.